The molecule has 2 rings (SSSR count). The van der Waals surface area contributed by atoms with Crippen molar-refractivity contribution in [1.29, 1.82) is 0 Å². The molecule has 1 heteroatoms. The lowest BCUT2D eigenvalue weighted by molar-refractivity contribution is 0.360. The smallest absolute Gasteiger partial charge is 0.0120 e. The van der Waals surface area contributed by atoms with E-state index in [1.165, 1.54) is 34.3 Å². The summed E-state index contributed by atoms with van der Waals surface area (Å²) in [5.74, 6) is 0. The van der Waals surface area contributed by atoms with Crippen molar-refractivity contribution in [2.75, 3.05) is 0 Å². The molecule has 0 spiro atoms. The standard InChI is InChI=1S/C11H21P/c1-2-7-11-8-3-5-10(12-11)6-4-9-11/h10,12H,2-9H2,1H3. The molecule has 12 heavy (non-hydrogen) atoms. The van der Waals surface area contributed by atoms with Gasteiger partial charge in [-0.05, 0) is 42.9 Å². The second kappa shape index (κ2) is 3.66. The number of hydrogen-bond acceptors (Lipinski definition) is 0. The van der Waals surface area contributed by atoms with Gasteiger partial charge in [-0.25, -0.2) is 0 Å². The van der Waals surface area contributed by atoms with Crippen LogP contribution in [-0.2, 0) is 0 Å². The summed E-state index contributed by atoms with van der Waals surface area (Å²) in [6, 6.07) is 0. The summed E-state index contributed by atoms with van der Waals surface area (Å²) in [5.41, 5.74) is 1.15. The SMILES string of the molecule is CCCC12CCCC(CCC1)P2. The second-order valence-electron chi connectivity index (χ2n) is 4.66. The van der Waals surface area contributed by atoms with Gasteiger partial charge in [-0.15, -0.1) is 8.58 Å². The first-order valence-corrected chi connectivity index (χ1v) is 6.70. The van der Waals surface area contributed by atoms with Gasteiger partial charge in [0.2, 0.25) is 0 Å². The summed E-state index contributed by atoms with van der Waals surface area (Å²) in [4.78, 5) is 0. The Labute approximate surface area is 78.3 Å². The van der Waals surface area contributed by atoms with E-state index in [2.05, 4.69) is 6.92 Å². The topological polar surface area (TPSA) is 0 Å². The Morgan fingerprint density at radius 1 is 1.25 bits per heavy atom. The summed E-state index contributed by atoms with van der Waals surface area (Å²) in [6.07, 6.45) is 12.3. The lowest BCUT2D eigenvalue weighted by atomic mass is 9.86. The van der Waals surface area contributed by atoms with E-state index >= 15 is 0 Å². The first-order chi connectivity index (χ1) is 5.85. The van der Waals surface area contributed by atoms with Gasteiger partial charge in [0.05, 0.1) is 0 Å². The quantitative estimate of drug-likeness (QED) is 0.570. The largest absolute Gasteiger partial charge is 0.112 e. The van der Waals surface area contributed by atoms with E-state index < -0.39 is 0 Å². The van der Waals surface area contributed by atoms with Gasteiger partial charge >= 0.3 is 0 Å². The lowest BCUT2D eigenvalue weighted by Crippen LogP contribution is -2.33. The zero-order chi connectivity index (χ0) is 8.44. The van der Waals surface area contributed by atoms with E-state index in [9.17, 15) is 0 Å². The Morgan fingerprint density at radius 3 is 2.50 bits per heavy atom. The first-order valence-electron chi connectivity index (χ1n) is 5.62. The molecule has 2 saturated heterocycles. The minimum Gasteiger partial charge on any atom is -0.112 e. The average Bonchev–Trinajstić information content (AvgIpc) is 2.04. The van der Waals surface area contributed by atoms with E-state index in [0.717, 1.165) is 10.8 Å². The minimum atomic E-state index is 0.857. The van der Waals surface area contributed by atoms with E-state index in [-0.39, 0.29) is 0 Å². The summed E-state index contributed by atoms with van der Waals surface area (Å²) in [5, 5.41) is 0.857. The molecule has 0 aromatic rings. The highest BCUT2D eigenvalue weighted by Crippen LogP contribution is 2.56. The zero-order valence-corrected chi connectivity index (χ0v) is 9.23. The van der Waals surface area contributed by atoms with Gasteiger partial charge in [0.1, 0.15) is 0 Å². The zero-order valence-electron chi connectivity index (χ0n) is 8.23. The highest BCUT2D eigenvalue weighted by molar-refractivity contribution is 7.41. The first kappa shape index (κ1) is 9.00. The second-order valence-corrected chi connectivity index (χ2v) is 6.82. The van der Waals surface area contributed by atoms with Gasteiger partial charge in [0.25, 0.3) is 0 Å². The predicted molar refractivity (Wildman–Crippen MR) is 57.4 cm³/mol. The molecule has 0 nitrogen and oxygen atoms in total. The van der Waals surface area contributed by atoms with Crippen LogP contribution in [0, 0.1) is 0 Å². The Morgan fingerprint density at radius 2 is 1.92 bits per heavy atom. The molecule has 0 amide bonds. The number of fused-ring (bicyclic) bond motifs is 2. The van der Waals surface area contributed by atoms with Crippen molar-refractivity contribution < 1.29 is 0 Å². The molecule has 0 N–H and O–H groups in total. The molecular formula is C11H21P. The third-order valence-electron chi connectivity index (χ3n) is 3.65. The van der Waals surface area contributed by atoms with Crippen LogP contribution in [0.25, 0.3) is 0 Å². The molecule has 0 aromatic heterocycles. The fraction of sp³-hybridized carbons (Fsp3) is 1.00. The van der Waals surface area contributed by atoms with Gasteiger partial charge in [-0.3, -0.25) is 0 Å². The third kappa shape index (κ3) is 1.69. The van der Waals surface area contributed by atoms with Crippen LogP contribution < -0.4 is 0 Å². The molecular weight excluding hydrogens is 163 g/mol. The summed E-state index contributed by atoms with van der Waals surface area (Å²) in [6.45, 7) is 2.36. The normalized spacial score (nSPS) is 43.2. The highest BCUT2D eigenvalue weighted by atomic mass is 31.1. The molecule has 0 saturated carbocycles. The minimum absolute atomic E-state index is 0.857. The monoisotopic (exact) mass is 184 g/mol. The molecule has 1 atom stereocenters. The molecule has 2 heterocycles. The maximum Gasteiger partial charge on any atom is -0.0120 e. The van der Waals surface area contributed by atoms with Gasteiger partial charge < -0.3 is 0 Å². The van der Waals surface area contributed by atoms with Crippen molar-refractivity contribution >= 4 is 8.58 Å². The molecule has 70 valence electrons. The third-order valence-corrected chi connectivity index (χ3v) is 6.00. The number of rotatable bonds is 2. The van der Waals surface area contributed by atoms with Crippen LogP contribution in [0.15, 0.2) is 0 Å². The maximum atomic E-state index is 2.36. The Hall–Kier alpha value is 0.430. The molecule has 2 aliphatic heterocycles. The summed E-state index contributed by atoms with van der Waals surface area (Å²) < 4.78 is 0. The summed E-state index contributed by atoms with van der Waals surface area (Å²) >= 11 is 0. The fourth-order valence-electron chi connectivity index (χ4n) is 3.17. The van der Waals surface area contributed by atoms with Crippen molar-refractivity contribution in [3.05, 3.63) is 0 Å². The van der Waals surface area contributed by atoms with Crippen LogP contribution in [-0.4, -0.2) is 10.8 Å². The highest BCUT2D eigenvalue weighted by Gasteiger charge is 2.37. The summed E-state index contributed by atoms with van der Waals surface area (Å²) in [7, 11) is 1.33. The van der Waals surface area contributed by atoms with Gasteiger partial charge in [-0.2, -0.15) is 0 Å². The van der Waals surface area contributed by atoms with Crippen LogP contribution in [0.3, 0.4) is 0 Å². The fourth-order valence-corrected chi connectivity index (χ4v) is 5.76. The van der Waals surface area contributed by atoms with Gasteiger partial charge in [0.15, 0.2) is 0 Å². The van der Waals surface area contributed by atoms with E-state index in [1.54, 1.807) is 25.7 Å². The Bertz CT molecular complexity index is 138. The predicted octanol–water partition coefficient (Wildman–Crippen LogP) is 3.94. The molecule has 0 aromatic carbocycles. The lowest BCUT2D eigenvalue weighted by Gasteiger charge is -2.45. The Balaban J connectivity index is 2.01. The van der Waals surface area contributed by atoms with E-state index in [1.807, 2.05) is 0 Å². The molecule has 1 unspecified atom stereocenters. The molecule has 2 aliphatic rings. The van der Waals surface area contributed by atoms with Crippen molar-refractivity contribution in [1.82, 2.24) is 0 Å². The maximum absolute atomic E-state index is 2.36. The molecule has 2 bridgehead atoms. The molecule has 2 fully saturated rings. The van der Waals surface area contributed by atoms with Crippen molar-refractivity contribution in [3.8, 4) is 0 Å². The van der Waals surface area contributed by atoms with Crippen molar-refractivity contribution in [2.45, 2.75) is 69.1 Å². The van der Waals surface area contributed by atoms with Gasteiger partial charge in [0, 0.05) is 0 Å². The number of hydrogen-bond donors (Lipinski definition) is 0. The van der Waals surface area contributed by atoms with E-state index in [0.29, 0.717) is 0 Å². The van der Waals surface area contributed by atoms with Crippen LogP contribution >= 0.6 is 8.58 Å². The average molecular weight is 184 g/mol. The van der Waals surface area contributed by atoms with E-state index in [4.69, 9.17) is 0 Å². The molecule has 0 radical (unpaired) electrons. The van der Waals surface area contributed by atoms with Crippen molar-refractivity contribution in [3.63, 3.8) is 0 Å². The van der Waals surface area contributed by atoms with Gasteiger partial charge in [-0.1, -0.05) is 26.2 Å². The van der Waals surface area contributed by atoms with Crippen LogP contribution in [0.5, 0.6) is 0 Å². The van der Waals surface area contributed by atoms with Crippen LogP contribution in [0.4, 0.5) is 0 Å². The molecule has 0 aliphatic carbocycles. The Kier molecular flexibility index (Phi) is 2.75. The van der Waals surface area contributed by atoms with Crippen LogP contribution in [0.2, 0.25) is 0 Å². The van der Waals surface area contributed by atoms with Crippen LogP contribution in [0.1, 0.15) is 58.3 Å². The van der Waals surface area contributed by atoms with Crippen molar-refractivity contribution in [2.24, 2.45) is 0 Å².